The van der Waals surface area contributed by atoms with Crippen LogP contribution in [-0.2, 0) is 5.75 Å². The van der Waals surface area contributed by atoms with Crippen LogP contribution in [0, 0.1) is 0 Å². The minimum Gasteiger partial charge on any atom is -0.464 e. The van der Waals surface area contributed by atoms with E-state index in [9.17, 15) is 0 Å². The second-order valence-electron chi connectivity index (χ2n) is 2.53. The summed E-state index contributed by atoms with van der Waals surface area (Å²) in [5.74, 6) is 0.704. The Labute approximate surface area is 84.3 Å². The molecule has 0 unspecified atom stereocenters. The molecule has 2 aromatic rings. The van der Waals surface area contributed by atoms with E-state index in [4.69, 9.17) is 4.42 Å². The van der Waals surface area contributed by atoms with Gasteiger partial charge in [-0.05, 0) is 12.1 Å². The van der Waals surface area contributed by atoms with E-state index in [0.717, 1.165) is 21.0 Å². The van der Waals surface area contributed by atoms with Gasteiger partial charge in [-0.1, -0.05) is 22.0 Å². The van der Waals surface area contributed by atoms with Crippen LogP contribution in [0.15, 0.2) is 33.4 Å². The number of halogens is 1. The van der Waals surface area contributed by atoms with Crippen molar-refractivity contribution in [2.45, 2.75) is 5.75 Å². The number of benzene rings is 1. The largest absolute Gasteiger partial charge is 0.464 e. The van der Waals surface area contributed by atoms with Crippen LogP contribution in [-0.4, -0.2) is 0 Å². The Morgan fingerprint density at radius 3 is 3.00 bits per heavy atom. The summed E-state index contributed by atoms with van der Waals surface area (Å²) in [5, 5.41) is 1.13. The van der Waals surface area contributed by atoms with Gasteiger partial charge in [-0.25, -0.2) is 0 Å². The maximum atomic E-state index is 5.34. The number of fused-ring (bicyclic) bond motifs is 1. The van der Waals surface area contributed by atoms with E-state index in [1.165, 1.54) is 0 Å². The predicted molar refractivity (Wildman–Crippen MR) is 56.6 cm³/mol. The quantitative estimate of drug-likeness (QED) is 0.755. The van der Waals surface area contributed by atoms with Crippen LogP contribution in [0.4, 0.5) is 0 Å². The normalized spacial score (nSPS) is 10.8. The van der Waals surface area contributed by atoms with Crippen LogP contribution >= 0.6 is 28.6 Å². The molecule has 0 aliphatic rings. The van der Waals surface area contributed by atoms with E-state index in [1.807, 2.05) is 18.2 Å². The highest BCUT2D eigenvalue weighted by Crippen LogP contribution is 2.29. The van der Waals surface area contributed by atoms with Gasteiger partial charge < -0.3 is 4.42 Å². The Kier molecular flexibility index (Phi) is 2.15. The molecule has 0 amide bonds. The first-order valence-corrected chi connectivity index (χ1v) is 5.01. The summed E-state index contributed by atoms with van der Waals surface area (Å²) in [5.41, 5.74) is 2.04. The fraction of sp³-hybridized carbons (Fsp3) is 0.111. The minimum absolute atomic E-state index is 0.704. The summed E-state index contributed by atoms with van der Waals surface area (Å²) >= 11 is 7.69. The zero-order valence-electron chi connectivity index (χ0n) is 6.25. The van der Waals surface area contributed by atoms with E-state index in [-0.39, 0.29) is 0 Å². The van der Waals surface area contributed by atoms with Crippen molar-refractivity contribution in [1.82, 2.24) is 0 Å². The van der Waals surface area contributed by atoms with Gasteiger partial charge in [0.1, 0.15) is 5.58 Å². The Balaban J connectivity index is 2.83. The highest BCUT2D eigenvalue weighted by molar-refractivity contribution is 9.10. The van der Waals surface area contributed by atoms with Gasteiger partial charge in [0.05, 0.1) is 6.26 Å². The van der Waals surface area contributed by atoms with Crippen molar-refractivity contribution >= 4 is 39.5 Å². The molecule has 0 spiro atoms. The van der Waals surface area contributed by atoms with Crippen molar-refractivity contribution < 1.29 is 4.42 Å². The number of furan rings is 1. The number of rotatable bonds is 1. The average molecular weight is 243 g/mol. The summed E-state index contributed by atoms with van der Waals surface area (Å²) in [6.45, 7) is 0. The molecule has 0 N–H and O–H groups in total. The fourth-order valence-corrected chi connectivity index (χ4v) is 2.06. The summed E-state index contributed by atoms with van der Waals surface area (Å²) in [4.78, 5) is 0. The van der Waals surface area contributed by atoms with Crippen molar-refractivity contribution in [3.05, 3.63) is 34.5 Å². The molecule has 3 heteroatoms. The Hall–Kier alpha value is -0.410. The molecule has 1 nitrogen and oxygen atoms in total. The standard InChI is InChI=1S/C9H7BrOS/c10-7-2-1-3-8-9(7)6(5-12)4-11-8/h1-4,12H,5H2. The molecule has 1 heterocycles. The molecule has 0 bridgehead atoms. The van der Waals surface area contributed by atoms with Gasteiger partial charge in [0.2, 0.25) is 0 Å². The van der Waals surface area contributed by atoms with Gasteiger partial charge in [-0.2, -0.15) is 12.6 Å². The molecule has 2 rings (SSSR count). The lowest BCUT2D eigenvalue weighted by atomic mass is 10.2. The van der Waals surface area contributed by atoms with Crippen molar-refractivity contribution in [3.8, 4) is 0 Å². The Morgan fingerprint density at radius 2 is 2.25 bits per heavy atom. The van der Waals surface area contributed by atoms with Gasteiger partial charge in [-0.3, -0.25) is 0 Å². The van der Waals surface area contributed by atoms with E-state index in [2.05, 4.69) is 28.6 Å². The molecular weight excluding hydrogens is 236 g/mol. The summed E-state index contributed by atoms with van der Waals surface area (Å²) in [6.07, 6.45) is 1.75. The van der Waals surface area contributed by atoms with Gasteiger partial charge in [-0.15, -0.1) is 0 Å². The zero-order valence-corrected chi connectivity index (χ0v) is 8.73. The van der Waals surface area contributed by atoms with Crippen LogP contribution in [0.2, 0.25) is 0 Å². The third kappa shape index (κ3) is 1.17. The Bertz CT molecular complexity index is 408. The third-order valence-electron chi connectivity index (χ3n) is 1.79. The molecule has 0 atom stereocenters. The van der Waals surface area contributed by atoms with E-state index in [0.29, 0.717) is 5.75 Å². The maximum Gasteiger partial charge on any atom is 0.135 e. The molecule has 0 aliphatic carbocycles. The van der Waals surface area contributed by atoms with Crippen LogP contribution in [0.25, 0.3) is 11.0 Å². The van der Waals surface area contributed by atoms with Crippen molar-refractivity contribution in [1.29, 1.82) is 0 Å². The van der Waals surface area contributed by atoms with E-state index in [1.54, 1.807) is 6.26 Å². The fourth-order valence-electron chi connectivity index (χ4n) is 1.22. The summed E-state index contributed by atoms with van der Waals surface area (Å²) in [6, 6.07) is 5.91. The van der Waals surface area contributed by atoms with Crippen molar-refractivity contribution in [3.63, 3.8) is 0 Å². The van der Waals surface area contributed by atoms with Gasteiger partial charge in [0.15, 0.2) is 0 Å². The van der Waals surface area contributed by atoms with Gasteiger partial charge in [0.25, 0.3) is 0 Å². The lowest BCUT2D eigenvalue weighted by molar-refractivity contribution is 0.612. The molecular formula is C9H7BrOS. The third-order valence-corrected chi connectivity index (χ3v) is 2.80. The minimum atomic E-state index is 0.704. The van der Waals surface area contributed by atoms with Gasteiger partial charge >= 0.3 is 0 Å². The first-order chi connectivity index (χ1) is 5.83. The number of hydrogen-bond donors (Lipinski definition) is 1. The predicted octanol–water partition coefficient (Wildman–Crippen LogP) is 3.63. The first kappa shape index (κ1) is 8.20. The molecule has 62 valence electrons. The summed E-state index contributed by atoms with van der Waals surface area (Å²) < 4.78 is 6.41. The molecule has 0 saturated heterocycles. The summed E-state index contributed by atoms with van der Waals surface area (Å²) in [7, 11) is 0. The first-order valence-electron chi connectivity index (χ1n) is 3.58. The second-order valence-corrected chi connectivity index (χ2v) is 3.70. The van der Waals surface area contributed by atoms with Crippen LogP contribution < -0.4 is 0 Å². The molecule has 0 fully saturated rings. The van der Waals surface area contributed by atoms with E-state index < -0.39 is 0 Å². The lowest BCUT2D eigenvalue weighted by Gasteiger charge is -1.94. The molecule has 0 saturated carbocycles. The van der Waals surface area contributed by atoms with Crippen LogP contribution in [0.1, 0.15) is 5.56 Å². The molecule has 1 aromatic heterocycles. The topological polar surface area (TPSA) is 13.1 Å². The highest BCUT2D eigenvalue weighted by atomic mass is 79.9. The lowest BCUT2D eigenvalue weighted by Crippen LogP contribution is -1.74. The second kappa shape index (κ2) is 3.15. The maximum absolute atomic E-state index is 5.34. The molecule has 1 aromatic carbocycles. The van der Waals surface area contributed by atoms with Crippen LogP contribution in [0.5, 0.6) is 0 Å². The molecule has 0 radical (unpaired) electrons. The average Bonchev–Trinajstić information content (AvgIpc) is 2.49. The van der Waals surface area contributed by atoms with E-state index >= 15 is 0 Å². The SMILES string of the molecule is SCc1coc2cccc(Br)c12. The monoisotopic (exact) mass is 242 g/mol. The van der Waals surface area contributed by atoms with Crippen LogP contribution in [0.3, 0.4) is 0 Å². The smallest absolute Gasteiger partial charge is 0.135 e. The number of hydrogen-bond acceptors (Lipinski definition) is 2. The highest BCUT2D eigenvalue weighted by Gasteiger charge is 2.06. The Morgan fingerprint density at radius 1 is 1.42 bits per heavy atom. The van der Waals surface area contributed by atoms with Crippen molar-refractivity contribution in [2.75, 3.05) is 0 Å². The zero-order chi connectivity index (χ0) is 8.55. The molecule has 0 aliphatic heterocycles. The van der Waals surface area contributed by atoms with Gasteiger partial charge in [0, 0.05) is 21.2 Å². The molecule has 12 heavy (non-hydrogen) atoms. The number of thiol groups is 1. The van der Waals surface area contributed by atoms with Crippen molar-refractivity contribution in [2.24, 2.45) is 0 Å².